The minimum absolute atomic E-state index is 0.00613. The summed E-state index contributed by atoms with van der Waals surface area (Å²) in [7, 11) is 0. The van der Waals surface area contributed by atoms with Gasteiger partial charge in [-0.05, 0) is 74.4 Å². The summed E-state index contributed by atoms with van der Waals surface area (Å²) >= 11 is 6.15. The van der Waals surface area contributed by atoms with Crippen LogP contribution in [0.1, 0.15) is 49.5 Å². The van der Waals surface area contributed by atoms with Crippen LogP contribution >= 0.6 is 11.6 Å². The Kier molecular flexibility index (Phi) is 6.42. The third-order valence-electron chi connectivity index (χ3n) is 6.43. The molecule has 0 radical (unpaired) electrons. The van der Waals surface area contributed by atoms with E-state index < -0.39 is 29.9 Å². The van der Waals surface area contributed by atoms with Crippen LogP contribution in [0.4, 0.5) is 10.5 Å². The SMILES string of the molecule is CCOC(=O)C1(C(=O)OCC)Oc2cc3c(c(N4CC(c5cccc(Cl)c5)OC4=O)c2O1)CCCC3. The molecule has 1 unspecified atom stereocenters. The van der Waals surface area contributed by atoms with Gasteiger partial charge in [0.25, 0.3) is 0 Å². The predicted molar refractivity (Wildman–Crippen MR) is 128 cm³/mol. The fourth-order valence-corrected chi connectivity index (χ4v) is 5.04. The number of rotatable bonds is 6. The van der Waals surface area contributed by atoms with Crippen molar-refractivity contribution >= 4 is 35.3 Å². The lowest BCUT2D eigenvalue weighted by molar-refractivity contribution is -0.202. The largest absolute Gasteiger partial charge is 0.460 e. The molecule has 0 saturated carbocycles. The number of nitrogens with zero attached hydrogens (tertiary/aromatic N) is 1. The molecule has 1 atom stereocenters. The van der Waals surface area contributed by atoms with Crippen LogP contribution in [0.2, 0.25) is 5.02 Å². The monoisotopic (exact) mass is 515 g/mol. The molecule has 1 aliphatic carbocycles. The molecule has 5 rings (SSSR count). The third-order valence-corrected chi connectivity index (χ3v) is 6.67. The van der Waals surface area contributed by atoms with Crippen LogP contribution in [0.3, 0.4) is 0 Å². The van der Waals surface area contributed by atoms with Gasteiger partial charge >= 0.3 is 23.8 Å². The Labute approximate surface area is 213 Å². The van der Waals surface area contributed by atoms with Gasteiger partial charge in [0.05, 0.1) is 25.4 Å². The van der Waals surface area contributed by atoms with E-state index in [0.717, 1.165) is 36.0 Å². The molecule has 2 heterocycles. The third kappa shape index (κ3) is 4.01. The zero-order valence-electron chi connectivity index (χ0n) is 20.0. The number of esters is 2. The quantitative estimate of drug-likeness (QED) is 0.315. The number of halogens is 1. The molecule has 10 heteroatoms. The van der Waals surface area contributed by atoms with Crippen LogP contribution in [0.5, 0.6) is 11.5 Å². The van der Waals surface area contributed by atoms with Crippen LogP contribution in [-0.4, -0.2) is 43.6 Å². The van der Waals surface area contributed by atoms with Crippen LogP contribution in [0.25, 0.3) is 0 Å². The number of hydrogen-bond acceptors (Lipinski definition) is 8. The van der Waals surface area contributed by atoms with E-state index in [1.807, 2.05) is 6.07 Å². The molecule has 0 N–H and O–H groups in total. The van der Waals surface area contributed by atoms with Crippen molar-refractivity contribution in [2.45, 2.75) is 51.4 Å². The van der Waals surface area contributed by atoms with E-state index in [9.17, 15) is 14.4 Å². The van der Waals surface area contributed by atoms with Crippen LogP contribution < -0.4 is 14.4 Å². The fraction of sp³-hybridized carbons (Fsp3) is 0.423. The van der Waals surface area contributed by atoms with Gasteiger partial charge in [-0.2, -0.15) is 0 Å². The number of fused-ring (bicyclic) bond motifs is 2. The number of ether oxygens (including phenoxy) is 5. The van der Waals surface area contributed by atoms with Crippen molar-refractivity contribution in [1.82, 2.24) is 0 Å². The van der Waals surface area contributed by atoms with Crippen LogP contribution in [0, 0.1) is 0 Å². The number of carbonyl (C=O) groups excluding carboxylic acids is 3. The molecule has 3 aliphatic rings. The van der Waals surface area contributed by atoms with Gasteiger partial charge in [0.15, 0.2) is 11.5 Å². The van der Waals surface area contributed by atoms with Crippen molar-refractivity contribution in [1.29, 1.82) is 0 Å². The lowest BCUT2D eigenvalue weighted by Crippen LogP contribution is -2.56. The highest BCUT2D eigenvalue weighted by Gasteiger charge is 2.61. The minimum Gasteiger partial charge on any atom is -0.460 e. The van der Waals surface area contributed by atoms with Crippen molar-refractivity contribution in [3.63, 3.8) is 0 Å². The lowest BCUT2D eigenvalue weighted by Gasteiger charge is -2.25. The molecule has 0 aromatic heterocycles. The molecule has 0 bridgehead atoms. The molecule has 2 aliphatic heterocycles. The van der Waals surface area contributed by atoms with Gasteiger partial charge < -0.3 is 23.7 Å². The summed E-state index contributed by atoms with van der Waals surface area (Å²) in [5.74, 6) is -4.22. The normalized spacial score (nSPS) is 19.5. The second-order valence-electron chi connectivity index (χ2n) is 8.70. The van der Waals surface area contributed by atoms with E-state index in [0.29, 0.717) is 17.1 Å². The van der Waals surface area contributed by atoms with E-state index in [4.69, 9.17) is 35.3 Å². The molecule has 2 aromatic carbocycles. The van der Waals surface area contributed by atoms with Gasteiger partial charge in [0, 0.05) is 5.02 Å². The van der Waals surface area contributed by atoms with Crippen molar-refractivity contribution in [3.05, 3.63) is 52.0 Å². The summed E-state index contributed by atoms with van der Waals surface area (Å²) in [5, 5.41) is 0.533. The Bertz CT molecular complexity index is 1210. The maximum absolute atomic E-state index is 13.2. The zero-order valence-corrected chi connectivity index (χ0v) is 20.8. The fourth-order valence-electron chi connectivity index (χ4n) is 4.84. The van der Waals surface area contributed by atoms with E-state index in [-0.39, 0.29) is 31.3 Å². The highest BCUT2D eigenvalue weighted by molar-refractivity contribution is 6.30. The number of benzene rings is 2. The molecule has 0 spiro atoms. The molecular weight excluding hydrogens is 490 g/mol. The minimum atomic E-state index is -2.46. The smallest absolute Gasteiger partial charge is 0.453 e. The van der Waals surface area contributed by atoms with E-state index in [2.05, 4.69) is 0 Å². The molecule has 190 valence electrons. The van der Waals surface area contributed by atoms with Gasteiger partial charge in [0.1, 0.15) is 6.10 Å². The van der Waals surface area contributed by atoms with Gasteiger partial charge in [-0.25, -0.2) is 14.4 Å². The molecule has 2 aromatic rings. The maximum Gasteiger partial charge on any atom is 0.453 e. The van der Waals surface area contributed by atoms with Gasteiger partial charge in [-0.15, -0.1) is 0 Å². The highest BCUT2D eigenvalue weighted by Crippen LogP contribution is 2.52. The van der Waals surface area contributed by atoms with E-state index in [1.54, 1.807) is 38.1 Å². The second-order valence-corrected chi connectivity index (χ2v) is 9.13. The highest BCUT2D eigenvalue weighted by atomic mass is 35.5. The van der Waals surface area contributed by atoms with Crippen molar-refractivity contribution < 1.29 is 38.1 Å². The first-order chi connectivity index (χ1) is 17.4. The van der Waals surface area contributed by atoms with E-state index >= 15 is 0 Å². The first kappa shape index (κ1) is 24.2. The number of cyclic esters (lactones) is 1. The van der Waals surface area contributed by atoms with Crippen LogP contribution in [-0.2, 0) is 36.6 Å². The Morgan fingerprint density at radius 3 is 2.50 bits per heavy atom. The number of aryl methyl sites for hydroxylation is 1. The molecule has 1 amide bonds. The van der Waals surface area contributed by atoms with Crippen molar-refractivity contribution in [2.75, 3.05) is 24.7 Å². The first-order valence-electron chi connectivity index (χ1n) is 12.0. The Balaban J connectivity index is 1.59. The maximum atomic E-state index is 13.2. The summed E-state index contributed by atoms with van der Waals surface area (Å²) < 4.78 is 27.8. The molecular formula is C26H26ClNO8. The summed E-state index contributed by atoms with van der Waals surface area (Å²) in [6.07, 6.45) is 2.19. The Hall–Kier alpha value is -3.46. The average molecular weight is 516 g/mol. The molecule has 1 saturated heterocycles. The van der Waals surface area contributed by atoms with Gasteiger partial charge in [-0.1, -0.05) is 23.7 Å². The number of anilines is 1. The second kappa shape index (κ2) is 9.54. The van der Waals surface area contributed by atoms with Gasteiger partial charge in [0.2, 0.25) is 0 Å². The number of amides is 1. The topological polar surface area (TPSA) is 101 Å². The van der Waals surface area contributed by atoms with Crippen molar-refractivity contribution in [3.8, 4) is 11.5 Å². The molecule has 1 fully saturated rings. The van der Waals surface area contributed by atoms with Gasteiger partial charge in [-0.3, -0.25) is 4.90 Å². The summed E-state index contributed by atoms with van der Waals surface area (Å²) in [5.41, 5.74) is 3.05. The zero-order chi connectivity index (χ0) is 25.4. The standard InChI is InChI=1S/C26H26ClNO8/c1-3-32-23(29)26(24(30)33-4-2)35-19-13-15-8-5-6-11-18(15)21(22(19)36-26)28-14-20(34-25(28)31)16-9-7-10-17(27)12-16/h7,9-10,12-13,20H,3-6,8,11,14H2,1-2H3. The van der Waals surface area contributed by atoms with E-state index in [1.165, 1.54) is 4.90 Å². The number of carbonyl (C=O) groups is 3. The lowest BCUT2D eigenvalue weighted by atomic mass is 9.89. The number of hydrogen-bond donors (Lipinski definition) is 0. The molecule has 9 nitrogen and oxygen atoms in total. The summed E-state index contributed by atoms with van der Waals surface area (Å²) in [6.45, 7) is 3.42. The summed E-state index contributed by atoms with van der Waals surface area (Å²) in [6, 6.07) is 8.89. The summed E-state index contributed by atoms with van der Waals surface area (Å²) in [4.78, 5) is 40.5. The Morgan fingerprint density at radius 2 is 1.81 bits per heavy atom. The van der Waals surface area contributed by atoms with Crippen molar-refractivity contribution in [2.24, 2.45) is 0 Å². The average Bonchev–Trinajstić information content (AvgIpc) is 3.44. The Morgan fingerprint density at radius 1 is 1.08 bits per heavy atom. The first-order valence-corrected chi connectivity index (χ1v) is 12.4. The molecule has 36 heavy (non-hydrogen) atoms. The van der Waals surface area contributed by atoms with Crippen LogP contribution in [0.15, 0.2) is 30.3 Å². The predicted octanol–water partition coefficient (Wildman–Crippen LogP) is 4.51.